The number of ether oxygens (including phenoxy) is 2. The van der Waals surface area contributed by atoms with Crippen molar-refractivity contribution >= 4 is 16.7 Å². The summed E-state index contributed by atoms with van der Waals surface area (Å²) in [5.74, 6) is 0.670. The minimum atomic E-state index is -0.434. The van der Waals surface area contributed by atoms with E-state index >= 15 is 0 Å². The molecule has 0 radical (unpaired) electrons. The quantitative estimate of drug-likeness (QED) is 0.276. The first-order valence-corrected chi connectivity index (χ1v) is 11.9. The zero-order chi connectivity index (χ0) is 25.0. The Labute approximate surface area is 207 Å². The van der Waals surface area contributed by atoms with Crippen molar-refractivity contribution in [2.45, 2.75) is 46.1 Å². The molecule has 180 valence electrons. The summed E-state index contributed by atoms with van der Waals surface area (Å²) >= 11 is 0. The molecule has 4 heteroatoms. The molecule has 0 aliphatic heterocycles. The van der Waals surface area contributed by atoms with Gasteiger partial charge in [0.2, 0.25) is 0 Å². The van der Waals surface area contributed by atoms with E-state index < -0.39 is 5.41 Å². The topological polar surface area (TPSA) is 55.8 Å². The van der Waals surface area contributed by atoms with Crippen molar-refractivity contribution in [1.82, 2.24) is 0 Å². The SMILES string of the molecule is Cc1cc(O)c(C(C)(C)CCOC(=O)c2ccc3ccccc3c2)c(C)c1OCc1ccccc1. The molecule has 0 fully saturated rings. The first-order chi connectivity index (χ1) is 16.8. The third-order valence-electron chi connectivity index (χ3n) is 6.53. The molecule has 0 saturated carbocycles. The first kappa shape index (κ1) is 24.3. The van der Waals surface area contributed by atoms with Crippen LogP contribution in [-0.2, 0) is 16.8 Å². The minimum absolute atomic E-state index is 0.234. The third kappa shape index (κ3) is 5.48. The molecule has 0 heterocycles. The monoisotopic (exact) mass is 468 g/mol. The van der Waals surface area contributed by atoms with Crippen molar-refractivity contribution in [2.75, 3.05) is 6.61 Å². The van der Waals surface area contributed by atoms with Gasteiger partial charge >= 0.3 is 5.97 Å². The summed E-state index contributed by atoms with van der Waals surface area (Å²) in [6.07, 6.45) is 0.557. The van der Waals surface area contributed by atoms with E-state index in [2.05, 4.69) is 13.8 Å². The van der Waals surface area contributed by atoms with Gasteiger partial charge in [-0.2, -0.15) is 0 Å². The number of hydrogen-bond acceptors (Lipinski definition) is 4. The number of benzene rings is 4. The lowest BCUT2D eigenvalue weighted by Gasteiger charge is -2.29. The Kier molecular flexibility index (Phi) is 7.11. The van der Waals surface area contributed by atoms with Gasteiger partial charge in [0.25, 0.3) is 0 Å². The van der Waals surface area contributed by atoms with Gasteiger partial charge in [-0.15, -0.1) is 0 Å². The Morgan fingerprint density at radius 2 is 1.57 bits per heavy atom. The van der Waals surface area contributed by atoms with Crippen molar-refractivity contribution < 1.29 is 19.4 Å². The molecule has 0 aromatic heterocycles. The van der Waals surface area contributed by atoms with E-state index in [1.807, 2.05) is 80.6 Å². The fourth-order valence-corrected chi connectivity index (χ4v) is 4.67. The lowest BCUT2D eigenvalue weighted by atomic mass is 9.78. The molecule has 0 spiro atoms. The molecule has 0 atom stereocenters. The molecule has 4 aromatic rings. The van der Waals surface area contributed by atoms with Crippen LogP contribution in [0.25, 0.3) is 10.8 Å². The van der Waals surface area contributed by atoms with Crippen LogP contribution in [0.15, 0.2) is 78.9 Å². The maximum absolute atomic E-state index is 12.7. The number of phenolic OH excluding ortho intramolecular Hbond substituents is 1. The van der Waals surface area contributed by atoms with Crippen molar-refractivity contribution in [2.24, 2.45) is 0 Å². The van der Waals surface area contributed by atoms with Gasteiger partial charge in [0.05, 0.1) is 12.2 Å². The minimum Gasteiger partial charge on any atom is -0.508 e. The van der Waals surface area contributed by atoms with Crippen molar-refractivity contribution in [1.29, 1.82) is 0 Å². The van der Waals surface area contributed by atoms with Gasteiger partial charge in [0.1, 0.15) is 18.1 Å². The number of aryl methyl sites for hydroxylation is 1. The fourth-order valence-electron chi connectivity index (χ4n) is 4.67. The molecule has 1 N–H and O–H groups in total. The second-order valence-corrected chi connectivity index (χ2v) is 9.65. The van der Waals surface area contributed by atoms with Crippen LogP contribution in [0.5, 0.6) is 11.5 Å². The molecule has 0 unspecified atom stereocenters. The predicted octanol–water partition coefficient (Wildman–Crippen LogP) is 7.27. The van der Waals surface area contributed by atoms with E-state index in [0.717, 1.165) is 38.8 Å². The van der Waals surface area contributed by atoms with Gasteiger partial charge in [-0.05, 0) is 71.3 Å². The summed E-state index contributed by atoms with van der Waals surface area (Å²) in [5.41, 5.74) is 3.79. The highest BCUT2D eigenvalue weighted by atomic mass is 16.5. The lowest BCUT2D eigenvalue weighted by molar-refractivity contribution is 0.0480. The van der Waals surface area contributed by atoms with E-state index in [1.54, 1.807) is 12.1 Å². The van der Waals surface area contributed by atoms with Crippen LogP contribution in [0.4, 0.5) is 0 Å². The molecule has 0 saturated heterocycles. The van der Waals surface area contributed by atoms with Gasteiger partial charge in [-0.1, -0.05) is 74.5 Å². The van der Waals surface area contributed by atoms with Crippen LogP contribution in [-0.4, -0.2) is 17.7 Å². The number of phenols is 1. The van der Waals surface area contributed by atoms with Crippen LogP contribution in [0.3, 0.4) is 0 Å². The highest BCUT2D eigenvalue weighted by molar-refractivity contribution is 5.95. The van der Waals surface area contributed by atoms with Crippen LogP contribution in [0, 0.1) is 13.8 Å². The zero-order valence-corrected chi connectivity index (χ0v) is 20.8. The standard InChI is InChI=1S/C31H32O4/c1-21-18-27(32)28(22(2)29(21)35-20-23-10-6-5-7-11-23)31(3,4)16-17-34-30(33)26-15-14-24-12-8-9-13-25(24)19-26/h5-15,18-19,32H,16-17,20H2,1-4H3. The average Bonchev–Trinajstić information content (AvgIpc) is 2.83. The Balaban J connectivity index is 1.46. The molecular weight excluding hydrogens is 436 g/mol. The van der Waals surface area contributed by atoms with Crippen molar-refractivity contribution in [3.63, 3.8) is 0 Å². The van der Waals surface area contributed by atoms with E-state index in [1.165, 1.54) is 0 Å². The summed E-state index contributed by atoms with van der Waals surface area (Å²) < 4.78 is 11.8. The number of esters is 1. The number of aromatic hydroxyl groups is 1. The average molecular weight is 469 g/mol. The molecular formula is C31H32O4. The van der Waals surface area contributed by atoms with Gasteiger partial charge in [-0.3, -0.25) is 0 Å². The van der Waals surface area contributed by atoms with Crippen LogP contribution in [0.1, 0.15) is 52.9 Å². The molecule has 0 aliphatic rings. The highest BCUT2D eigenvalue weighted by Gasteiger charge is 2.29. The largest absolute Gasteiger partial charge is 0.508 e. The number of fused-ring (bicyclic) bond motifs is 1. The van der Waals surface area contributed by atoms with Crippen molar-refractivity contribution in [3.8, 4) is 11.5 Å². The van der Waals surface area contributed by atoms with E-state index in [-0.39, 0.29) is 18.3 Å². The Bertz CT molecular complexity index is 1340. The third-order valence-corrected chi connectivity index (χ3v) is 6.53. The molecule has 4 nitrogen and oxygen atoms in total. The maximum atomic E-state index is 12.7. The zero-order valence-electron chi connectivity index (χ0n) is 20.8. The summed E-state index contributed by atoms with van der Waals surface area (Å²) in [6.45, 7) is 8.72. The summed E-state index contributed by atoms with van der Waals surface area (Å²) in [5, 5.41) is 12.9. The second kappa shape index (κ2) is 10.2. The van der Waals surface area contributed by atoms with Crippen molar-refractivity contribution in [3.05, 3.63) is 107 Å². The molecule has 4 aromatic carbocycles. The van der Waals surface area contributed by atoms with Gasteiger partial charge < -0.3 is 14.6 Å². The van der Waals surface area contributed by atoms with E-state index in [9.17, 15) is 9.90 Å². The molecule has 4 rings (SSSR count). The Hall–Kier alpha value is -3.79. The number of hydrogen-bond donors (Lipinski definition) is 1. The Morgan fingerprint density at radius 1 is 0.886 bits per heavy atom. The van der Waals surface area contributed by atoms with Gasteiger partial charge in [0, 0.05) is 5.56 Å². The maximum Gasteiger partial charge on any atom is 0.338 e. The second-order valence-electron chi connectivity index (χ2n) is 9.65. The first-order valence-electron chi connectivity index (χ1n) is 11.9. The smallest absolute Gasteiger partial charge is 0.338 e. The Morgan fingerprint density at radius 3 is 2.31 bits per heavy atom. The molecule has 0 amide bonds. The summed E-state index contributed by atoms with van der Waals surface area (Å²) in [6, 6.07) is 25.3. The summed E-state index contributed by atoms with van der Waals surface area (Å²) in [7, 11) is 0. The lowest BCUT2D eigenvalue weighted by Crippen LogP contribution is -2.23. The van der Waals surface area contributed by atoms with Crippen LogP contribution in [0.2, 0.25) is 0 Å². The molecule has 0 aliphatic carbocycles. The number of carbonyl (C=O) groups excluding carboxylic acids is 1. The number of rotatable bonds is 8. The number of carbonyl (C=O) groups is 1. The predicted molar refractivity (Wildman–Crippen MR) is 140 cm³/mol. The van der Waals surface area contributed by atoms with Gasteiger partial charge in [0.15, 0.2) is 0 Å². The van der Waals surface area contributed by atoms with E-state index in [4.69, 9.17) is 9.47 Å². The molecule has 35 heavy (non-hydrogen) atoms. The summed E-state index contributed by atoms with van der Waals surface area (Å²) in [4.78, 5) is 12.7. The van der Waals surface area contributed by atoms with Gasteiger partial charge in [-0.25, -0.2) is 4.79 Å². The fraction of sp³-hybridized carbons (Fsp3) is 0.258. The van der Waals surface area contributed by atoms with Crippen LogP contribution < -0.4 is 4.74 Å². The normalized spacial score (nSPS) is 11.4. The van der Waals surface area contributed by atoms with Crippen LogP contribution >= 0.6 is 0 Å². The highest BCUT2D eigenvalue weighted by Crippen LogP contribution is 2.42. The molecule has 0 bridgehead atoms. The van der Waals surface area contributed by atoms with E-state index in [0.29, 0.717) is 18.6 Å².